The highest BCUT2D eigenvalue weighted by Crippen LogP contribution is 2.10. The van der Waals surface area contributed by atoms with Crippen molar-refractivity contribution in [3.05, 3.63) is 17.2 Å². The van der Waals surface area contributed by atoms with Crippen LogP contribution in [0.3, 0.4) is 0 Å². The zero-order valence-corrected chi connectivity index (χ0v) is 7.06. The van der Waals surface area contributed by atoms with Crippen molar-refractivity contribution < 1.29 is 0 Å². The van der Waals surface area contributed by atoms with Crippen LogP contribution in [0.5, 0.6) is 0 Å². The van der Waals surface area contributed by atoms with Gasteiger partial charge in [0.15, 0.2) is 0 Å². The molecular weight excluding hydrogens is 152 g/mol. The molecule has 0 saturated heterocycles. The molecule has 0 bridgehead atoms. The van der Waals surface area contributed by atoms with Gasteiger partial charge in [-0.3, -0.25) is 0 Å². The van der Waals surface area contributed by atoms with E-state index in [9.17, 15) is 0 Å². The third-order valence-corrected chi connectivity index (χ3v) is 2.13. The summed E-state index contributed by atoms with van der Waals surface area (Å²) in [5.41, 5.74) is 7.90. The van der Waals surface area contributed by atoms with Crippen molar-refractivity contribution in [2.24, 2.45) is 5.73 Å². The standard InChI is InChI=1S/C8H14N4/c9-3-1-8-11-6-2-4-10-5-7(6)12-8/h10H,1-5,9H2,(H,11,12). The second kappa shape index (κ2) is 3.25. The number of aromatic amines is 1. The van der Waals surface area contributed by atoms with Gasteiger partial charge in [-0.15, -0.1) is 0 Å². The van der Waals surface area contributed by atoms with Crippen LogP contribution in [0.25, 0.3) is 0 Å². The summed E-state index contributed by atoms with van der Waals surface area (Å²) >= 11 is 0. The van der Waals surface area contributed by atoms with E-state index in [-0.39, 0.29) is 0 Å². The Hall–Kier alpha value is -0.870. The van der Waals surface area contributed by atoms with Crippen LogP contribution in [0.4, 0.5) is 0 Å². The van der Waals surface area contributed by atoms with Gasteiger partial charge in [0, 0.05) is 25.9 Å². The van der Waals surface area contributed by atoms with Crippen molar-refractivity contribution in [3.8, 4) is 0 Å². The zero-order valence-electron chi connectivity index (χ0n) is 7.06. The van der Waals surface area contributed by atoms with Gasteiger partial charge in [-0.05, 0) is 6.54 Å². The fourth-order valence-corrected chi connectivity index (χ4v) is 1.53. The third-order valence-electron chi connectivity index (χ3n) is 2.13. The topological polar surface area (TPSA) is 66.7 Å². The average Bonchev–Trinajstić information content (AvgIpc) is 2.47. The summed E-state index contributed by atoms with van der Waals surface area (Å²) in [6.45, 7) is 2.63. The molecule has 66 valence electrons. The van der Waals surface area contributed by atoms with Crippen molar-refractivity contribution in [3.63, 3.8) is 0 Å². The Balaban J connectivity index is 2.20. The van der Waals surface area contributed by atoms with Gasteiger partial charge in [0.1, 0.15) is 5.82 Å². The molecule has 1 aliphatic rings. The molecule has 4 N–H and O–H groups in total. The smallest absolute Gasteiger partial charge is 0.107 e. The molecule has 4 nitrogen and oxygen atoms in total. The van der Waals surface area contributed by atoms with Crippen LogP contribution in [-0.4, -0.2) is 23.1 Å². The van der Waals surface area contributed by atoms with E-state index in [1.807, 2.05) is 0 Å². The molecule has 0 atom stereocenters. The molecule has 12 heavy (non-hydrogen) atoms. The summed E-state index contributed by atoms with van der Waals surface area (Å²) in [7, 11) is 0. The van der Waals surface area contributed by atoms with Crippen LogP contribution in [0.1, 0.15) is 17.2 Å². The fraction of sp³-hybridized carbons (Fsp3) is 0.625. The van der Waals surface area contributed by atoms with Crippen LogP contribution < -0.4 is 11.1 Å². The van der Waals surface area contributed by atoms with E-state index in [2.05, 4.69) is 15.3 Å². The first-order chi connectivity index (χ1) is 5.90. The number of fused-ring (bicyclic) bond motifs is 1. The number of rotatable bonds is 2. The Bertz CT molecular complexity index is 243. The minimum atomic E-state index is 0.666. The predicted octanol–water partition coefficient (Wildman–Crippen LogP) is -0.443. The number of nitrogens with two attached hydrogens (primary N) is 1. The molecule has 0 radical (unpaired) electrons. The number of H-pyrrole nitrogens is 1. The second-order valence-corrected chi connectivity index (χ2v) is 3.07. The third kappa shape index (κ3) is 1.35. The molecule has 0 saturated carbocycles. The summed E-state index contributed by atoms with van der Waals surface area (Å²) < 4.78 is 0. The van der Waals surface area contributed by atoms with Crippen molar-refractivity contribution in [2.45, 2.75) is 19.4 Å². The molecule has 0 fully saturated rings. The van der Waals surface area contributed by atoms with E-state index in [0.29, 0.717) is 6.54 Å². The van der Waals surface area contributed by atoms with E-state index >= 15 is 0 Å². The lowest BCUT2D eigenvalue weighted by Crippen LogP contribution is -2.23. The lowest BCUT2D eigenvalue weighted by molar-refractivity contribution is 0.627. The normalized spacial score (nSPS) is 16.1. The molecule has 0 aliphatic carbocycles. The summed E-state index contributed by atoms with van der Waals surface area (Å²) in [6, 6.07) is 0. The molecule has 1 aromatic heterocycles. The van der Waals surface area contributed by atoms with Gasteiger partial charge < -0.3 is 16.0 Å². The van der Waals surface area contributed by atoms with E-state index in [1.165, 1.54) is 11.4 Å². The van der Waals surface area contributed by atoms with Crippen molar-refractivity contribution in [1.29, 1.82) is 0 Å². The lowest BCUT2D eigenvalue weighted by atomic mass is 10.2. The molecule has 1 aromatic rings. The number of hydrogen-bond acceptors (Lipinski definition) is 3. The summed E-state index contributed by atoms with van der Waals surface area (Å²) in [4.78, 5) is 7.75. The Morgan fingerprint density at radius 3 is 3.17 bits per heavy atom. The van der Waals surface area contributed by atoms with Gasteiger partial charge in [-0.25, -0.2) is 4.98 Å². The quantitative estimate of drug-likeness (QED) is 0.558. The Morgan fingerprint density at radius 1 is 1.50 bits per heavy atom. The maximum Gasteiger partial charge on any atom is 0.107 e. The monoisotopic (exact) mass is 166 g/mol. The number of nitrogens with one attached hydrogen (secondary N) is 2. The Morgan fingerprint density at radius 2 is 2.42 bits per heavy atom. The van der Waals surface area contributed by atoms with Gasteiger partial charge in [0.2, 0.25) is 0 Å². The summed E-state index contributed by atoms with van der Waals surface area (Å²) in [6.07, 6.45) is 1.89. The number of aromatic nitrogens is 2. The van der Waals surface area contributed by atoms with Crippen LogP contribution in [0.15, 0.2) is 0 Å². The van der Waals surface area contributed by atoms with E-state index in [4.69, 9.17) is 5.73 Å². The van der Waals surface area contributed by atoms with Gasteiger partial charge >= 0.3 is 0 Å². The molecule has 0 aromatic carbocycles. The minimum Gasteiger partial charge on any atom is -0.345 e. The summed E-state index contributed by atoms with van der Waals surface area (Å²) in [5, 5.41) is 3.29. The van der Waals surface area contributed by atoms with Gasteiger partial charge in [0.05, 0.1) is 11.4 Å². The van der Waals surface area contributed by atoms with Crippen LogP contribution in [-0.2, 0) is 19.4 Å². The number of hydrogen-bond donors (Lipinski definition) is 3. The predicted molar refractivity (Wildman–Crippen MR) is 46.8 cm³/mol. The highest BCUT2D eigenvalue weighted by Gasteiger charge is 2.12. The van der Waals surface area contributed by atoms with Crippen molar-refractivity contribution >= 4 is 0 Å². The van der Waals surface area contributed by atoms with Gasteiger partial charge in [-0.1, -0.05) is 0 Å². The van der Waals surface area contributed by atoms with Crippen molar-refractivity contribution in [1.82, 2.24) is 15.3 Å². The molecule has 2 heterocycles. The first-order valence-corrected chi connectivity index (χ1v) is 4.37. The molecule has 1 aliphatic heterocycles. The van der Waals surface area contributed by atoms with Crippen LogP contribution in [0.2, 0.25) is 0 Å². The largest absolute Gasteiger partial charge is 0.345 e. The van der Waals surface area contributed by atoms with Crippen LogP contribution in [0, 0.1) is 0 Å². The van der Waals surface area contributed by atoms with Crippen LogP contribution >= 0.6 is 0 Å². The van der Waals surface area contributed by atoms with Gasteiger partial charge in [-0.2, -0.15) is 0 Å². The van der Waals surface area contributed by atoms with Gasteiger partial charge in [0.25, 0.3) is 0 Å². The minimum absolute atomic E-state index is 0.666. The van der Waals surface area contributed by atoms with E-state index in [0.717, 1.165) is 31.8 Å². The van der Waals surface area contributed by atoms with E-state index < -0.39 is 0 Å². The zero-order chi connectivity index (χ0) is 8.39. The second-order valence-electron chi connectivity index (χ2n) is 3.07. The molecule has 0 unspecified atom stereocenters. The number of nitrogens with zero attached hydrogens (tertiary/aromatic N) is 1. The highest BCUT2D eigenvalue weighted by molar-refractivity contribution is 5.17. The molecular formula is C8H14N4. The first-order valence-electron chi connectivity index (χ1n) is 4.37. The molecule has 0 spiro atoms. The Kier molecular flexibility index (Phi) is 2.10. The molecule has 2 rings (SSSR count). The summed E-state index contributed by atoms with van der Waals surface area (Å²) in [5.74, 6) is 1.03. The first kappa shape index (κ1) is 7.76. The highest BCUT2D eigenvalue weighted by atomic mass is 15.0. The Labute approximate surface area is 71.6 Å². The van der Waals surface area contributed by atoms with Crippen molar-refractivity contribution in [2.75, 3.05) is 13.1 Å². The fourth-order valence-electron chi connectivity index (χ4n) is 1.53. The maximum atomic E-state index is 5.44. The van der Waals surface area contributed by atoms with E-state index in [1.54, 1.807) is 0 Å². The molecule has 0 amide bonds. The SMILES string of the molecule is NCCc1nc2c([nH]1)CNCC2. The molecule has 4 heteroatoms. The number of imidazole rings is 1. The maximum absolute atomic E-state index is 5.44. The average molecular weight is 166 g/mol. The lowest BCUT2D eigenvalue weighted by Gasteiger charge is -2.09.